The first-order valence-electron chi connectivity index (χ1n) is 5.85. The highest BCUT2D eigenvalue weighted by molar-refractivity contribution is 4.93. The van der Waals surface area contributed by atoms with Crippen LogP contribution in [0.3, 0.4) is 0 Å². The summed E-state index contributed by atoms with van der Waals surface area (Å²) in [6.45, 7) is 13.1. The lowest BCUT2D eigenvalue weighted by atomic mass is 9.96. The van der Waals surface area contributed by atoms with Crippen LogP contribution in [-0.4, -0.2) is 37.1 Å². The number of nitrogens with one attached hydrogen (secondary N) is 1. The zero-order chi connectivity index (χ0) is 10.8. The monoisotopic (exact) mass is 198 g/mol. The molecular formula is C12H26N2. The van der Waals surface area contributed by atoms with Gasteiger partial charge in [-0.15, -0.1) is 0 Å². The second kappa shape index (κ2) is 4.63. The van der Waals surface area contributed by atoms with Crippen LogP contribution in [0.15, 0.2) is 0 Å². The zero-order valence-electron chi connectivity index (χ0n) is 10.4. The Balaban J connectivity index is 2.50. The quantitative estimate of drug-likeness (QED) is 0.743. The molecule has 1 atom stereocenters. The Kier molecular flexibility index (Phi) is 3.96. The maximum atomic E-state index is 3.29. The van der Waals surface area contributed by atoms with Crippen LogP contribution in [-0.2, 0) is 0 Å². The number of likely N-dealkylation sites (tertiary alicyclic amines) is 1. The molecule has 0 bridgehead atoms. The first kappa shape index (κ1) is 12.0. The number of nitrogens with zero attached hydrogens (tertiary/aromatic N) is 1. The van der Waals surface area contributed by atoms with Crippen molar-refractivity contribution in [3.05, 3.63) is 0 Å². The van der Waals surface area contributed by atoms with Crippen molar-refractivity contribution in [2.24, 2.45) is 11.8 Å². The van der Waals surface area contributed by atoms with Crippen LogP contribution in [0.1, 0.15) is 34.1 Å². The summed E-state index contributed by atoms with van der Waals surface area (Å²) in [6, 6.07) is 0. The highest BCUT2D eigenvalue weighted by Gasteiger charge is 2.37. The fourth-order valence-electron chi connectivity index (χ4n) is 2.65. The van der Waals surface area contributed by atoms with E-state index in [-0.39, 0.29) is 0 Å². The maximum absolute atomic E-state index is 3.29. The van der Waals surface area contributed by atoms with Crippen LogP contribution in [0.4, 0.5) is 0 Å². The average molecular weight is 198 g/mol. The lowest BCUT2D eigenvalue weighted by Gasteiger charge is -2.32. The largest absolute Gasteiger partial charge is 0.319 e. The smallest absolute Gasteiger partial charge is 0.0157 e. The molecule has 1 rings (SSSR count). The van der Waals surface area contributed by atoms with E-state index in [0.717, 1.165) is 18.4 Å². The zero-order valence-corrected chi connectivity index (χ0v) is 10.4. The van der Waals surface area contributed by atoms with Gasteiger partial charge in [0, 0.05) is 18.6 Å². The maximum Gasteiger partial charge on any atom is 0.0157 e. The number of rotatable bonds is 4. The summed E-state index contributed by atoms with van der Waals surface area (Å²) in [5.74, 6) is 1.62. The Morgan fingerprint density at radius 3 is 2.57 bits per heavy atom. The molecule has 0 radical (unpaired) electrons. The Bertz CT molecular complexity index is 175. The van der Waals surface area contributed by atoms with Gasteiger partial charge in [-0.2, -0.15) is 0 Å². The summed E-state index contributed by atoms with van der Waals surface area (Å²) in [5.41, 5.74) is 0.409. The van der Waals surface area contributed by atoms with E-state index < -0.39 is 0 Å². The second-order valence-corrected chi connectivity index (χ2v) is 5.74. The molecule has 1 unspecified atom stereocenters. The van der Waals surface area contributed by atoms with Crippen molar-refractivity contribution in [1.82, 2.24) is 10.2 Å². The van der Waals surface area contributed by atoms with Gasteiger partial charge in [0.25, 0.3) is 0 Å². The molecule has 14 heavy (non-hydrogen) atoms. The molecular weight excluding hydrogens is 172 g/mol. The molecule has 1 N–H and O–H groups in total. The third-order valence-electron chi connectivity index (χ3n) is 3.20. The lowest BCUT2D eigenvalue weighted by molar-refractivity contribution is 0.155. The topological polar surface area (TPSA) is 15.3 Å². The van der Waals surface area contributed by atoms with Crippen LogP contribution in [0, 0.1) is 11.8 Å². The first-order valence-corrected chi connectivity index (χ1v) is 5.85. The van der Waals surface area contributed by atoms with Gasteiger partial charge in [0.1, 0.15) is 0 Å². The van der Waals surface area contributed by atoms with Gasteiger partial charge in [-0.25, -0.2) is 0 Å². The van der Waals surface area contributed by atoms with Crippen molar-refractivity contribution in [2.75, 3.05) is 26.7 Å². The van der Waals surface area contributed by atoms with Gasteiger partial charge in [-0.3, -0.25) is 4.90 Å². The average Bonchev–Trinajstić information content (AvgIpc) is 2.26. The molecule has 2 heteroatoms. The van der Waals surface area contributed by atoms with Gasteiger partial charge in [-0.05, 0) is 45.7 Å². The molecule has 0 aromatic carbocycles. The highest BCUT2D eigenvalue weighted by atomic mass is 15.2. The van der Waals surface area contributed by atoms with Crippen LogP contribution in [0.2, 0.25) is 0 Å². The molecule has 1 heterocycles. The molecule has 0 amide bonds. The minimum absolute atomic E-state index is 0.409. The van der Waals surface area contributed by atoms with E-state index in [1.165, 1.54) is 19.5 Å². The molecule has 1 aliphatic heterocycles. The van der Waals surface area contributed by atoms with E-state index in [0.29, 0.717) is 5.54 Å². The molecule has 84 valence electrons. The molecule has 2 nitrogen and oxygen atoms in total. The molecule has 1 fully saturated rings. The van der Waals surface area contributed by atoms with Gasteiger partial charge in [0.05, 0.1) is 0 Å². The summed E-state index contributed by atoms with van der Waals surface area (Å²) >= 11 is 0. The summed E-state index contributed by atoms with van der Waals surface area (Å²) in [6.07, 6.45) is 1.33. The van der Waals surface area contributed by atoms with Crippen molar-refractivity contribution in [3.63, 3.8) is 0 Å². The standard InChI is InChI=1S/C12H26N2/c1-10(2)8-14-9-11(7-13-5)6-12(14,3)4/h10-11,13H,6-9H2,1-5H3. The fraction of sp³-hybridized carbons (Fsp3) is 1.00. The molecule has 1 saturated heterocycles. The van der Waals surface area contributed by atoms with Crippen molar-refractivity contribution in [1.29, 1.82) is 0 Å². The molecule has 0 aromatic rings. The summed E-state index contributed by atoms with van der Waals surface area (Å²) in [7, 11) is 2.05. The Morgan fingerprint density at radius 2 is 2.07 bits per heavy atom. The van der Waals surface area contributed by atoms with Crippen LogP contribution in [0.25, 0.3) is 0 Å². The van der Waals surface area contributed by atoms with E-state index in [1.807, 2.05) is 0 Å². The van der Waals surface area contributed by atoms with Crippen molar-refractivity contribution < 1.29 is 0 Å². The predicted octanol–water partition coefficient (Wildman–Crippen LogP) is 1.96. The summed E-state index contributed by atoms with van der Waals surface area (Å²) in [5, 5.41) is 3.29. The number of hydrogen-bond donors (Lipinski definition) is 1. The molecule has 0 aromatic heterocycles. The Morgan fingerprint density at radius 1 is 1.43 bits per heavy atom. The minimum atomic E-state index is 0.409. The van der Waals surface area contributed by atoms with Gasteiger partial charge < -0.3 is 5.32 Å². The third-order valence-corrected chi connectivity index (χ3v) is 3.20. The first-order chi connectivity index (χ1) is 6.45. The molecule has 1 aliphatic rings. The molecule has 0 spiro atoms. The summed E-state index contributed by atoms with van der Waals surface area (Å²) < 4.78 is 0. The second-order valence-electron chi connectivity index (χ2n) is 5.74. The van der Waals surface area contributed by atoms with Crippen LogP contribution in [0.5, 0.6) is 0 Å². The van der Waals surface area contributed by atoms with Gasteiger partial charge in [-0.1, -0.05) is 13.8 Å². The SMILES string of the molecule is CNCC1CN(CC(C)C)C(C)(C)C1. The van der Waals surface area contributed by atoms with Crippen LogP contribution < -0.4 is 5.32 Å². The van der Waals surface area contributed by atoms with E-state index in [4.69, 9.17) is 0 Å². The fourth-order valence-corrected chi connectivity index (χ4v) is 2.65. The van der Waals surface area contributed by atoms with Gasteiger partial charge >= 0.3 is 0 Å². The van der Waals surface area contributed by atoms with Crippen molar-refractivity contribution in [2.45, 2.75) is 39.7 Å². The van der Waals surface area contributed by atoms with Gasteiger partial charge in [0.2, 0.25) is 0 Å². The third kappa shape index (κ3) is 2.96. The predicted molar refractivity (Wildman–Crippen MR) is 62.5 cm³/mol. The lowest BCUT2D eigenvalue weighted by Crippen LogP contribution is -2.40. The van der Waals surface area contributed by atoms with E-state index in [2.05, 4.69) is 45.0 Å². The van der Waals surface area contributed by atoms with E-state index in [9.17, 15) is 0 Å². The molecule has 0 saturated carbocycles. The normalized spacial score (nSPS) is 27.4. The molecule has 0 aliphatic carbocycles. The highest BCUT2D eigenvalue weighted by Crippen LogP contribution is 2.32. The summed E-state index contributed by atoms with van der Waals surface area (Å²) in [4.78, 5) is 2.65. The minimum Gasteiger partial charge on any atom is -0.319 e. The number of hydrogen-bond acceptors (Lipinski definition) is 2. The van der Waals surface area contributed by atoms with Crippen molar-refractivity contribution in [3.8, 4) is 0 Å². The Labute approximate surface area is 89.1 Å². The van der Waals surface area contributed by atoms with Crippen molar-refractivity contribution >= 4 is 0 Å². The van der Waals surface area contributed by atoms with E-state index in [1.54, 1.807) is 0 Å². The van der Waals surface area contributed by atoms with Gasteiger partial charge in [0.15, 0.2) is 0 Å². The van der Waals surface area contributed by atoms with E-state index >= 15 is 0 Å². The van der Waals surface area contributed by atoms with Crippen LogP contribution >= 0.6 is 0 Å². The Hall–Kier alpha value is -0.0800.